The molecule has 0 atom stereocenters. The molecule has 79 heavy (non-hydrogen) atoms. The van der Waals surface area contributed by atoms with Crippen LogP contribution in [0.1, 0.15) is 20.3 Å². The van der Waals surface area contributed by atoms with Crippen molar-refractivity contribution in [1.29, 1.82) is 0 Å². The Hall–Kier alpha value is -9.95. The van der Waals surface area contributed by atoms with Crippen LogP contribution in [0.15, 0.2) is 253 Å². The monoisotopic (exact) mass is 1030 g/mol. The summed E-state index contributed by atoms with van der Waals surface area (Å²) in [6.07, 6.45) is 1.25. The highest BCUT2D eigenvalue weighted by Crippen LogP contribution is 2.44. The van der Waals surface area contributed by atoms with Crippen LogP contribution in [0.2, 0.25) is 0 Å². The highest BCUT2D eigenvalue weighted by atomic mass is 32.1. The van der Waals surface area contributed by atoms with Gasteiger partial charge < -0.3 is 13.6 Å². The Kier molecular flexibility index (Phi) is 11.1. The lowest BCUT2D eigenvalue weighted by Crippen LogP contribution is -2.01. The van der Waals surface area contributed by atoms with E-state index in [1.165, 1.54) is 59.5 Å². The summed E-state index contributed by atoms with van der Waals surface area (Å²) in [6, 6.07) is 88.9. The maximum atomic E-state index is 6.36. The lowest BCUT2D eigenvalue weighted by molar-refractivity contribution is 0.669. The van der Waals surface area contributed by atoms with Crippen LogP contribution in [-0.4, -0.2) is 24.1 Å². The van der Waals surface area contributed by atoms with Gasteiger partial charge >= 0.3 is 0 Å². The molecule has 0 aliphatic rings. The quantitative estimate of drug-likeness (QED) is 0.160. The Bertz CT molecular complexity index is 4990. The summed E-state index contributed by atoms with van der Waals surface area (Å²) in [4.78, 5) is 15.6. The van der Waals surface area contributed by atoms with Gasteiger partial charge in [0.25, 0.3) is 0 Å². The average molecular weight is 1030 g/mol. The Morgan fingerprint density at radius 1 is 0.342 bits per heavy atom. The van der Waals surface area contributed by atoms with Crippen LogP contribution < -0.4 is 0 Å². The predicted molar refractivity (Wildman–Crippen MR) is 332 cm³/mol. The highest BCUT2D eigenvalue weighted by molar-refractivity contribution is 7.26. The second kappa shape index (κ2) is 19.0. The SMILES string of the molecule is CCC.c1ccc(-c2nc(-c3cccc(-n4c5ccc(-n6c7ccccc7c7ccccc76)cc5c5cccc(-c6cccc(-c7cccc8c7sc7ccccc78)c6)c54)c3)nc(-c3ccc4c(c3)oc3ccccc34)n2)cc1. The van der Waals surface area contributed by atoms with Gasteiger partial charge in [-0.1, -0.05) is 196 Å². The van der Waals surface area contributed by atoms with E-state index in [0.717, 1.165) is 82.9 Å². The lowest BCUT2D eigenvalue weighted by Gasteiger charge is -2.14. The van der Waals surface area contributed by atoms with Crippen LogP contribution in [0.3, 0.4) is 0 Å². The number of fused-ring (bicyclic) bond motifs is 12. The molecule has 0 N–H and O–H groups in total. The molecule has 0 saturated carbocycles. The molecule has 0 spiro atoms. The summed E-state index contributed by atoms with van der Waals surface area (Å²) in [5, 5.41) is 9.50. The van der Waals surface area contributed by atoms with E-state index in [1.807, 2.05) is 65.9 Å². The molecule has 0 bridgehead atoms. The normalized spacial score (nSPS) is 11.7. The average Bonchev–Trinajstić information content (AvgIpc) is 4.42. The zero-order chi connectivity index (χ0) is 52.6. The zero-order valence-electron chi connectivity index (χ0n) is 43.4. The fraction of sp³-hybridized carbons (Fsp3) is 0.0417. The van der Waals surface area contributed by atoms with Crippen LogP contribution >= 0.6 is 11.3 Å². The summed E-state index contributed by atoms with van der Waals surface area (Å²) in [6.45, 7) is 4.25. The van der Waals surface area contributed by atoms with Crippen molar-refractivity contribution in [3.8, 4) is 67.8 Å². The Labute approximate surface area is 459 Å². The molecule has 0 saturated heterocycles. The topological polar surface area (TPSA) is 61.7 Å². The van der Waals surface area contributed by atoms with Gasteiger partial charge in [-0.25, -0.2) is 15.0 Å². The van der Waals surface area contributed by atoms with Gasteiger partial charge in [-0.15, -0.1) is 11.3 Å². The van der Waals surface area contributed by atoms with Gasteiger partial charge in [0.1, 0.15) is 11.2 Å². The van der Waals surface area contributed by atoms with Crippen molar-refractivity contribution in [3.63, 3.8) is 0 Å². The van der Waals surface area contributed by atoms with E-state index >= 15 is 0 Å². The molecule has 374 valence electrons. The van der Waals surface area contributed by atoms with E-state index in [0.29, 0.717) is 17.5 Å². The summed E-state index contributed by atoms with van der Waals surface area (Å²) >= 11 is 1.87. The molecular formula is C72H49N5OS. The number of benzene rings is 11. The van der Waals surface area contributed by atoms with Crippen LogP contribution in [-0.2, 0) is 0 Å². The minimum Gasteiger partial charge on any atom is -0.456 e. The van der Waals surface area contributed by atoms with Gasteiger partial charge in [0.05, 0.1) is 22.1 Å². The lowest BCUT2D eigenvalue weighted by atomic mass is 9.96. The van der Waals surface area contributed by atoms with E-state index in [1.54, 1.807) is 0 Å². The summed E-state index contributed by atoms with van der Waals surface area (Å²) < 4.78 is 13.8. The van der Waals surface area contributed by atoms with Gasteiger partial charge in [-0.2, -0.15) is 0 Å². The minimum atomic E-state index is 0.569. The summed E-state index contributed by atoms with van der Waals surface area (Å²) in [5.41, 5.74) is 15.6. The van der Waals surface area contributed by atoms with E-state index < -0.39 is 0 Å². The standard InChI is InChI=1S/C69H41N5OS.C3H8/c1-2-16-42(17-3-1)67-70-68(72-69(71-67)46-34-36-54-53-24-6-10-32-62(53)75-63(54)40-46)45-20-13-21-47(39-45)74-61-37-35-48(73-59-30-8-4-22-51(59)52-23-5-9-31-60(52)73)41-58(61)56-28-14-26-49(65(56)74)43-18-12-19-44(38-43)50-27-15-29-57-55-25-7-11-33-64(55)76-66(50)57;1-3-2/h1-41H;3H2,1-2H3. The van der Waals surface area contributed by atoms with Crippen molar-refractivity contribution < 1.29 is 4.42 Å². The van der Waals surface area contributed by atoms with E-state index in [-0.39, 0.29) is 0 Å². The van der Waals surface area contributed by atoms with Gasteiger partial charge in [-0.05, 0) is 89.5 Å². The Balaban J connectivity index is 0.00000176. The van der Waals surface area contributed by atoms with Crippen LogP contribution in [0, 0.1) is 0 Å². The van der Waals surface area contributed by atoms with Crippen molar-refractivity contribution in [1.82, 2.24) is 24.1 Å². The van der Waals surface area contributed by atoms with Crippen LogP contribution in [0.25, 0.3) is 154 Å². The molecular weight excluding hydrogens is 983 g/mol. The summed E-state index contributed by atoms with van der Waals surface area (Å²) in [5.74, 6) is 1.74. The molecule has 0 aliphatic carbocycles. The maximum absolute atomic E-state index is 6.36. The molecule has 0 fully saturated rings. The number of hydrogen-bond donors (Lipinski definition) is 0. The molecule has 16 rings (SSSR count). The van der Waals surface area contributed by atoms with Crippen molar-refractivity contribution in [2.24, 2.45) is 0 Å². The van der Waals surface area contributed by atoms with Gasteiger partial charge in [0.15, 0.2) is 17.5 Å². The van der Waals surface area contributed by atoms with Gasteiger partial charge in [0.2, 0.25) is 0 Å². The molecule has 5 heterocycles. The zero-order valence-corrected chi connectivity index (χ0v) is 44.2. The summed E-state index contributed by atoms with van der Waals surface area (Å²) in [7, 11) is 0. The molecule has 11 aromatic carbocycles. The van der Waals surface area contributed by atoms with Crippen molar-refractivity contribution in [3.05, 3.63) is 249 Å². The number of hydrogen-bond acceptors (Lipinski definition) is 5. The van der Waals surface area contributed by atoms with Crippen LogP contribution in [0.4, 0.5) is 0 Å². The molecule has 0 aliphatic heterocycles. The third-order valence-corrected chi connectivity index (χ3v) is 16.4. The molecule has 0 radical (unpaired) electrons. The molecule has 16 aromatic rings. The first-order chi connectivity index (χ1) is 39.1. The van der Waals surface area contributed by atoms with E-state index in [2.05, 4.69) is 217 Å². The highest BCUT2D eigenvalue weighted by Gasteiger charge is 2.22. The first-order valence-corrected chi connectivity index (χ1v) is 27.8. The fourth-order valence-electron chi connectivity index (χ4n) is 11.7. The molecule has 7 heteroatoms. The minimum absolute atomic E-state index is 0.569. The number of thiophene rings is 1. The second-order valence-electron chi connectivity index (χ2n) is 20.2. The van der Waals surface area contributed by atoms with Gasteiger partial charge in [0, 0.05) is 86.1 Å². The third kappa shape index (κ3) is 7.72. The first-order valence-electron chi connectivity index (χ1n) is 27.0. The first kappa shape index (κ1) is 46.4. The number of furan rings is 1. The number of para-hydroxylation sites is 4. The third-order valence-electron chi connectivity index (χ3n) is 15.2. The largest absolute Gasteiger partial charge is 0.456 e. The number of nitrogens with zero attached hydrogens (tertiary/aromatic N) is 5. The van der Waals surface area contributed by atoms with Crippen molar-refractivity contribution in [2.75, 3.05) is 0 Å². The molecule has 6 nitrogen and oxygen atoms in total. The number of aromatic nitrogens is 5. The number of rotatable bonds is 7. The smallest absolute Gasteiger partial charge is 0.164 e. The van der Waals surface area contributed by atoms with E-state index in [4.69, 9.17) is 19.4 Å². The maximum Gasteiger partial charge on any atom is 0.164 e. The second-order valence-corrected chi connectivity index (χ2v) is 21.3. The van der Waals surface area contributed by atoms with Crippen molar-refractivity contribution >= 4 is 97.1 Å². The van der Waals surface area contributed by atoms with Crippen molar-refractivity contribution in [2.45, 2.75) is 20.3 Å². The predicted octanol–water partition coefficient (Wildman–Crippen LogP) is 20.1. The molecule has 5 aromatic heterocycles. The van der Waals surface area contributed by atoms with Crippen LogP contribution in [0.5, 0.6) is 0 Å². The van der Waals surface area contributed by atoms with E-state index in [9.17, 15) is 0 Å². The fourth-order valence-corrected chi connectivity index (χ4v) is 13.0. The Morgan fingerprint density at radius 3 is 1.65 bits per heavy atom. The molecule has 0 unspecified atom stereocenters. The Morgan fingerprint density at radius 2 is 0.873 bits per heavy atom. The van der Waals surface area contributed by atoms with Gasteiger partial charge in [-0.3, -0.25) is 0 Å². The molecule has 0 amide bonds.